The highest BCUT2D eigenvalue weighted by Gasteiger charge is 2.26. The summed E-state index contributed by atoms with van der Waals surface area (Å²) in [4.78, 5) is 21.5. The third kappa shape index (κ3) is 3.13. The monoisotopic (exact) mass is 180 g/mol. The molecule has 0 saturated heterocycles. The first-order chi connectivity index (χ1) is 6.03. The van der Waals surface area contributed by atoms with Crippen LogP contribution in [0.5, 0.6) is 0 Å². The lowest BCUT2D eigenvalue weighted by Crippen LogP contribution is -2.21. The van der Waals surface area contributed by atoms with Crippen molar-refractivity contribution in [3.8, 4) is 0 Å². The summed E-state index contributed by atoms with van der Waals surface area (Å²) < 4.78 is 0. The van der Waals surface area contributed by atoms with Crippen LogP contribution in [0.2, 0.25) is 0 Å². The Balaban J connectivity index is 2.63. The van der Waals surface area contributed by atoms with Crippen LogP contribution < -0.4 is 0 Å². The lowest BCUT2D eigenvalue weighted by atomic mass is 9.76. The van der Waals surface area contributed by atoms with Crippen molar-refractivity contribution in [2.75, 3.05) is 0 Å². The highest BCUT2D eigenvalue weighted by Crippen LogP contribution is 2.34. The molecular formula is C11H16O2. The average Bonchev–Trinajstić information content (AvgIpc) is 1.97. The van der Waals surface area contributed by atoms with Crippen molar-refractivity contribution in [1.82, 2.24) is 0 Å². The van der Waals surface area contributed by atoms with Gasteiger partial charge in [0, 0.05) is 12.8 Å². The molecule has 2 heteroatoms. The quantitative estimate of drug-likeness (QED) is 0.624. The standard InChI is InChI=1S/C11H16O2/c1-11(2)7-9(4-3-5-12)6-10(13)8-11/h5-6H,3-4,7-8H2,1-2H3. The molecule has 0 saturated carbocycles. The summed E-state index contributed by atoms with van der Waals surface area (Å²) in [5.74, 6) is 0.206. The normalized spacial score (nSPS) is 21.1. The fraction of sp³-hybridized carbons (Fsp3) is 0.636. The smallest absolute Gasteiger partial charge is 0.156 e. The summed E-state index contributed by atoms with van der Waals surface area (Å²) in [6, 6.07) is 0. The zero-order valence-electron chi connectivity index (χ0n) is 8.30. The van der Waals surface area contributed by atoms with Crippen molar-refractivity contribution in [2.24, 2.45) is 5.41 Å². The minimum absolute atomic E-state index is 0.0874. The Hall–Kier alpha value is -0.920. The summed E-state index contributed by atoms with van der Waals surface area (Å²) in [7, 11) is 0. The van der Waals surface area contributed by atoms with Gasteiger partial charge in [-0.1, -0.05) is 19.4 Å². The number of allylic oxidation sites excluding steroid dienone is 2. The number of ketones is 1. The third-order valence-corrected chi connectivity index (χ3v) is 2.31. The minimum atomic E-state index is 0.0874. The third-order valence-electron chi connectivity index (χ3n) is 2.31. The van der Waals surface area contributed by atoms with Crippen LogP contribution in [0.4, 0.5) is 0 Å². The maximum Gasteiger partial charge on any atom is 0.156 e. The highest BCUT2D eigenvalue weighted by molar-refractivity contribution is 5.91. The molecular weight excluding hydrogens is 164 g/mol. The van der Waals surface area contributed by atoms with E-state index >= 15 is 0 Å². The van der Waals surface area contributed by atoms with Crippen LogP contribution in [0.1, 0.15) is 39.5 Å². The van der Waals surface area contributed by atoms with Crippen molar-refractivity contribution in [3.05, 3.63) is 11.6 Å². The second kappa shape index (κ2) is 3.86. The molecule has 0 atom stereocenters. The van der Waals surface area contributed by atoms with Crippen molar-refractivity contribution < 1.29 is 9.59 Å². The van der Waals surface area contributed by atoms with Crippen LogP contribution in [-0.2, 0) is 9.59 Å². The summed E-state index contributed by atoms with van der Waals surface area (Å²) >= 11 is 0. The second-order valence-electron chi connectivity index (χ2n) is 4.49. The lowest BCUT2D eigenvalue weighted by molar-refractivity contribution is -0.117. The van der Waals surface area contributed by atoms with Gasteiger partial charge in [0.05, 0.1) is 0 Å². The van der Waals surface area contributed by atoms with Gasteiger partial charge >= 0.3 is 0 Å². The van der Waals surface area contributed by atoms with Gasteiger partial charge in [-0.15, -0.1) is 0 Å². The Bertz CT molecular complexity index is 249. The van der Waals surface area contributed by atoms with Gasteiger partial charge in [-0.05, 0) is 24.3 Å². The SMILES string of the molecule is CC1(C)CC(=O)C=C(CCC=O)C1. The van der Waals surface area contributed by atoms with E-state index in [4.69, 9.17) is 0 Å². The number of carbonyl (C=O) groups excluding carboxylic acids is 2. The molecule has 0 N–H and O–H groups in total. The second-order valence-corrected chi connectivity index (χ2v) is 4.49. The maximum atomic E-state index is 11.3. The predicted molar refractivity (Wildman–Crippen MR) is 51.4 cm³/mol. The Labute approximate surface area is 79.0 Å². The van der Waals surface area contributed by atoms with E-state index in [1.807, 2.05) is 0 Å². The van der Waals surface area contributed by atoms with E-state index in [9.17, 15) is 9.59 Å². The van der Waals surface area contributed by atoms with Gasteiger partial charge in [0.25, 0.3) is 0 Å². The van der Waals surface area contributed by atoms with E-state index in [1.54, 1.807) is 6.08 Å². The topological polar surface area (TPSA) is 34.1 Å². The Morgan fingerprint density at radius 2 is 2.15 bits per heavy atom. The van der Waals surface area contributed by atoms with Crippen molar-refractivity contribution in [1.29, 1.82) is 0 Å². The number of hydrogen-bond donors (Lipinski definition) is 0. The van der Waals surface area contributed by atoms with Gasteiger partial charge in [-0.25, -0.2) is 0 Å². The van der Waals surface area contributed by atoms with E-state index in [2.05, 4.69) is 13.8 Å². The molecule has 0 spiro atoms. The zero-order valence-corrected chi connectivity index (χ0v) is 8.30. The molecule has 0 aromatic carbocycles. The van der Waals surface area contributed by atoms with Crippen molar-refractivity contribution >= 4 is 12.1 Å². The molecule has 13 heavy (non-hydrogen) atoms. The summed E-state index contributed by atoms with van der Waals surface area (Å²) in [5, 5.41) is 0. The fourth-order valence-corrected chi connectivity index (χ4v) is 1.88. The van der Waals surface area contributed by atoms with Gasteiger partial charge in [-0.3, -0.25) is 4.79 Å². The fourth-order valence-electron chi connectivity index (χ4n) is 1.88. The first-order valence-electron chi connectivity index (χ1n) is 4.69. The van der Waals surface area contributed by atoms with E-state index < -0.39 is 0 Å². The number of rotatable bonds is 3. The molecule has 0 fully saturated rings. The molecule has 0 aromatic heterocycles. The molecule has 0 aromatic rings. The molecule has 0 radical (unpaired) electrons. The zero-order chi connectivity index (χ0) is 9.90. The molecule has 1 aliphatic carbocycles. The van der Waals surface area contributed by atoms with Gasteiger partial charge in [-0.2, -0.15) is 0 Å². The Morgan fingerprint density at radius 1 is 1.46 bits per heavy atom. The molecule has 0 heterocycles. The van der Waals surface area contributed by atoms with Gasteiger partial charge in [0.15, 0.2) is 5.78 Å². The van der Waals surface area contributed by atoms with Crippen LogP contribution in [0.25, 0.3) is 0 Å². The van der Waals surface area contributed by atoms with E-state index in [0.717, 1.165) is 24.7 Å². The molecule has 0 amide bonds. The highest BCUT2D eigenvalue weighted by atomic mass is 16.1. The van der Waals surface area contributed by atoms with Gasteiger partial charge in [0.2, 0.25) is 0 Å². The summed E-state index contributed by atoms with van der Waals surface area (Å²) in [6.07, 6.45) is 5.50. The number of aldehydes is 1. The van der Waals surface area contributed by atoms with Gasteiger partial charge in [0.1, 0.15) is 6.29 Å². The first kappa shape index (κ1) is 10.2. The predicted octanol–water partition coefficient (Wildman–Crippen LogP) is 2.28. The van der Waals surface area contributed by atoms with E-state index in [1.165, 1.54) is 0 Å². The van der Waals surface area contributed by atoms with Crippen LogP contribution in [0.15, 0.2) is 11.6 Å². The molecule has 0 bridgehead atoms. The van der Waals surface area contributed by atoms with Crippen molar-refractivity contribution in [2.45, 2.75) is 39.5 Å². The van der Waals surface area contributed by atoms with Crippen LogP contribution in [0.3, 0.4) is 0 Å². The number of hydrogen-bond acceptors (Lipinski definition) is 2. The minimum Gasteiger partial charge on any atom is -0.303 e. The van der Waals surface area contributed by atoms with Crippen LogP contribution >= 0.6 is 0 Å². The van der Waals surface area contributed by atoms with Crippen molar-refractivity contribution in [3.63, 3.8) is 0 Å². The molecule has 0 unspecified atom stereocenters. The number of carbonyl (C=O) groups is 2. The first-order valence-corrected chi connectivity index (χ1v) is 4.69. The molecule has 0 aliphatic heterocycles. The summed E-state index contributed by atoms with van der Waals surface area (Å²) in [5.41, 5.74) is 1.22. The molecule has 2 nitrogen and oxygen atoms in total. The lowest BCUT2D eigenvalue weighted by Gasteiger charge is -2.28. The maximum absolute atomic E-state index is 11.3. The Morgan fingerprint density at radius 3 is 2.69 bits per heavy atom. The summed E-state index contributed by atoms with van der Waals surface area (Å²) in [6.45, 7) is 4.19. The molecule has 72 valence electrons. The van der Waals surface area contributed by atoms with E-state index in [-0.39, 0.29) is 11.2 Å². The van der Waals surface area contributed by atoms with E-state index in [0.29, 0.717) is 12.8 Å². The Kier molecular flexibility index (Phi) is 3.02. The van der Waals surface area contributed by atoms with Crippen LogP contribution in [0, 0.1) is 5.41 Å². The molecule has 1 rings (SSSR count). The molecule has 1 aliphatic rings. The van der Waals surface area contributed by atoms with Crippen LogP contribution in [-0.4, -0.2) is 12.1 Å². The largest absolute Gasteiger partial charge is 0.303 e. The average molecular weight is 180 g/mol. The van der Waals surface area contributed by atoms with Gasteiger partial charge < -0.3 is 4.79 Å².